The van der Waals surface area contributed by atoms with Crippen molar-refractivity contribution in [2.75, 3.05) is 7.11 Å². The van der Waals surface area contributed by atoms with Gasteiger partial charge in [0, 0.05) is 6.42 Å². The Balaban J connectivity index is 3.38. The van der Waals surface area contributed by atoms with E-state index in [0.717, 1.165) is 11.3 Å². The molecule has 0 heterocycles. The molecule has 0 bridgehead atoms. The van der Waals surface area contributed by atoms with E-state index in [4.69, 9.17) is 13.6 Å². The van der Waals surface area contributed by atoms with E-state index in [1.54, 1.807) is 0 Å². The number of benzene rings is 1. The second-order valence-electron chi connectivity index (χ2n) is 11.2. The van der Waals surface area contributed by atoms with Gasteiger partial charge in [-0.15, -0.1) is 0 Å². The van der Waals surface area contributed by atoms with Gasteiger partial charge in [0.2, 0.25) is 16.6 Å². The minimum atomic E-state index is -2.11. The highest BCUT2D eigenvalue weighted by Gasteiger charge is 2.41. The standard InChI is InChI=1S/C24H42O5Si2/c1-17(22(26)27-8)20(25)16-18-15-19(28-30(9,10)23(2,3)4)13-14-21(18)29-31(11,12)24(5,6)7/h13-15,20,25H,1,16H2,2-12H3. The van der Waals surface area contributed by atoms with Gasteiger partial charge in [-0.2, -0.15) is 0 Å². The third kappa shape index (κ3) is 6.95. The molecular weight excluding hydrogens is 424 g/mol. The van der Waals surface area contributed by atoms with E-state index in [2.05, 4.69) is 74.3 Å². The molecule has 1 atom stereocenters. The molecule has 31 heavy (non-hydrogen) atoms. The van der Waals surface area contributed by atoms with Gasteiger partial charge in [0.05, 0.1) is 18.8 Å². The number of rotatable bonds is 8. The van der Waals surface area contributed by atoms with Crippen molar-refractivity contribution in [1.82, 2.24) is 0 Å². The highest BCUT2D eigenvalue weighted by atomic mass is 28.4. The molecule has 1 aromatic rings. The third-order valence-electron chi connectivity index (χ3n) is 6.65. The van der Waals surface area contributed by atoms with Crippen LogP contribution in [0.1, 0.15) is 47.1 Å². The maximum Gasteiger partial charge on any atom is 0.335 e. The number of aliphatic hydroxyl groups is 1. The average molecular weight is 467 g/mol. The Bertz CT molecular complexity index is 801. The molecule has 0 spiro atoms. The Hall–Kier alpha value is -1.58. The van der Waals surface area contributed by atoms with Crippen molar-refractivity contribution in [1.29, 1.82) is 0 Å². The first-order valence-corrected chi connectivity index (χ1v) is 16.6. The average Bonchev–Trinajstić information content (AvgIpc) is 2.60. The number of ether oxygens (including phenoxy) is 1. The topological polar surface area (TPSA) is 65.0 Å². The zero-order valence-electron chi connectivity index (χ0n) is 21.3. The smallest absolute Gasteiger partial charge is 0.335 e. The maximum atomic E-state index is 11.8. The van der Waals surface area contributed by atoms with Crippen LogP contribution >= 0.6 is 0 Å². The van der Waals surface area contributed by atoms with Crippen LogP contribution in [0.2, 0.25) is 36.3 Å². The van der Waals surface area contributed by atoms with Gasteiger partial charge < -0.3 is 18.7 Å². The SMILES string of the molecule is C=C(C(=O)OC)C(O)Cc1cc(O[Si](C)(C)C(C)(C)C)ccc1O[Si](C)(C)C(C)(C)C. The van der Waals surface area contributed by atoms with Gasteiger partial charge in [-0.3, -0.25) is 0 Å². The lowest BCUT2D eigenvalue weighted by atomic mass is 10.0. The van der Waals surface area contributed by atoms with Crippen LogP contribution in [-0.2, 0) is 16.0 Å². The lowest BCUT2D eigenvalue weighted by Crippen LogP contribution is -2.44. The number of methoxy groups -OCH3 is 1. The number of esters is 1. The number of aliphatic hydroxyl groups excluding tert-OH is 1. The highest BCUT2D eigenvalue weighted by Crippen LogP contribution is 2.41. The van der Waals surface area contributed by atoms with Crippen LogP contribution < -0.4 is 8.85 Å². The molecule has 0 aliphatic rings. The summed E-state index contributed by atoms with van der Waals surface area (Å²) in [6, 6.07) is 5.79. The Morgan fingerprint density at radius 2 is 1.48 bits per heavy atom. The third-order valence-corrected chi connectivity index (χ3v) is 15.3. The molecule has 0 aliphatic carbocycles. The minimum Gasteiger partial charge on any atom is -0.543 e. The fourth-order valence-corrected chi connectivity index (χ4v) is 4.43. The van der Waals surface area contributed by atoms with Crippen LogP contribution in [0.3, 0.4) is 0 Å². The highest BCUT2D eigenvalue weighted by molar-refractivity contribution is 6.75. The molecule has 1 rings (SSSR count). The molecule has 7 heteroatoms. The Morgan fingerprint density at radius 3 is 1.94 bits per heavy atom. The predicted molar refractivity (Wildman–Crippen MR) is 133 cm³/mol. The summed E-state index contributed by atoms with van der Waals surface area (Å²) in [4.78, 5) is 11.8. The summed E-state index contributed by atoms with van der Waals surface area (Å²) >= 11 is 0. The molecule has 176 valence electrons. The molecule has 1 aromatic carbocycles. The summed E-state index contributed by atoms with van der Waals surface area (Å²) in [7, 11) is -2.86. The minimum absolute atomic E-state index is 0.0226. The van der Waals surface area contributed by atoms with Gasteiger partial charge in [0.25, 0.3) is 0 Å². The summed E-state index contributed by atoms with van der Waals surface area (Å²) in [5.41, 5.74) is 0.815. The first kappa shape index (κ1) is 27.5. The zero-order valence-corrected chi connectivity index (χ0v) is 23.3. The van der Waals surface area contributed by atoms with Crippen molar-refractivity contribution in [2.45, 2.75) is 90.3 Å². The van der Waals surface area contributed by atoms with Crippen molar-refractivity contribution < 1.29 is 23.5 Å². The van der Waals surface area contributed by atoms with E-state index < -0.39 is 28.7 Å². The first-order valence-electron chi connectivity index (χ1n) is 10.8. The Labute approximate surface area is 191 Å². The molecule has 0 radical (unpaired) electrons. The molecule has 0 fully saturated rings. The molecule has 0 aromatic heterocycles. The van der Waals surface area contributed by atoms with Crippen LogP contribution in [0.5, 0.6) is 11.5 Å². The van der Waals surface area contributed by atoms with E-state index in [0.29, 0.717) is 5.75 Å². The van der Waals surface area contributed by atoms with Crippen molar-refractivity contribution >= 4 is 22.6 Å². The quantitative estimate of drug-likeness (QED) is 0.285. The second kappa shape index (κ2) is 9.50. The lowest BCUT2D eigenvalue weighted by molar-refractivity contribution is -0.137. The molecule has 1 unspecified atom stereocenters. The maximum absolute atomic E-state index is 11.8. The zero-order chi connectivity index (χ0) is 24.4. The Kier molecular flexibility index (Phi) is 8.42. The molecule has 0 saturated carbocycles. The van der Waals surface area contributed by atoms with Gasteiger partial charge >= 0.3 is 5.97 Å². The van der Waals surface area contributed by atoms with E-state index in [9.17, 15) is 9.90 Å². The first-order chi connectivity index (χ1) is 13.8. The predicted octanol–water partition coefficient (Wildman–Crippen LogP) is 6.09. The molecule has 1 N–H and O–H groups in total. The normalized spacial score (nSPS) is 14.1. The summed E-state index contributed by atoms with van der Waals surface area (Å²) in [5.74, 6) is 0.846. The van der Waals surface area contributed by atoms with Crippen molar-refractivity contribution in [3.05, 3.63) is 35.9 Å². The van der Waals surface area contributed by atoms with Gasteiger partial charge in [-0.1, -0.05) is 48.1 Å². The van der Waals surface area contributed by atoms with Gasteiger partial charge in [0.1, 0.15) is 11.5 Å². The van der Waals surface area contributed by atoms with Gasteiger partial charge in [-0.25, -0.2) is 4.79 Å². The van der Waals surface area contributed by atoms with E-state index in [1.807, 2.05) is 18.2 Å². The van der Waals surface area contributed by atoms with E-state index in [-0.39, 0.29) is 22.1 Å². The van der Waals surface area contributed by atoms with Gasteiger partial charge in [0.15, 0.2) is 0 Å². The summed E-state index contributed by atoms with van der Waals surface area (Å²) in [6.07, 6.45) is -0.885. The summed E-state index contributed by atoms with van der Waals surface area (Å²) < 4.78 is 17.7. The van der Waals surface area contributed by atoms with Crippen molar-refractivity contribution in [2.24, 2.45) is 0 Å². The number of hydrogen-bond donors (Lipinski definition) is 1. The van der Waals surface area contributed by atoms with Crippen LogP contribution in [-0.4, -0.2) is 40.9 Å². The number of carbonyl (C=O) groups is 1. The largest absolute Gasteiger partial charge is 0.543 e. The number of carbonyl (C=O) groups excluding carboxylic acids is 1. The van der Waals surface area contributed by atoms with Crippen molar-refractivity contribution in [3.8, 4) is 11.5 Å². The fourth-order valence-electron chi connectivity index (χ4n) is 2.35. The Morgan fingerprint density at radius 1 is 1.00 bits per heavy atom. The molecule has 5 nitrogen and oxygen atoms in total. The van der Waals surface area contributed by atoms with E-state index in [1.165, 1.54) is 7.11 Å². The molecular formula is C24H42O5Si2. The van der Waals surface area contributed by atoms with Crippen LogP contribution in [0.25, 0.3) is 0 Å². The summed E-state index contributed by atoms with van der Waals surface area (Å²) in [5, 5.41) is 10.7. The van der Waals surface area contributed by atoms with Crippen LogP contribution in [0.4, 0.5) is 0 Å². The number of hydrogen-bond acceptors (Lipinski definition) is 5. The van der Waals surface area contributed by atoms with Crippen LogP contribution in [0.15, 0.2) is 30.4 Å². The summed E-state index contributed by atoms with van der Waals surface area (Å²) in [6.45, 7) is 25.6. The van der Waals surface area contributed by atoms with E-state index >= 15 is 0 Å². The van der Waals surface area contributed by atoms with Gasteiger partial charge in [-0.05, 0) is 60.0 Å². The fraction of sp³-hybridized carbons (Fsp3) is 0.625. The molecule has 0 aliphatic heterocycles. The monoisotopic (exact) mass is 466 g/mol. The molecule has 0 saturated heterocycles. The molecule has 0 amide bonds. The second-order valence-corrected chi connectivity index (χ2v) is 20.7. The lowest BCUT2D eigenvalue weighted by Gasteiger charge is -2.38. The van der Waals surface area contributed by atoms with Crippen LogP contribution in [0, 0.1) is 0 Å². The van der Waals surface area contributed by atoms with Crippen molar-refractivity contribution in [3.63, 3.8) is 0 Å².